The summed E-state index contributed by atoms with van der Waals surface area (Å²) < 4.78 is 5.40. The summed E-state index contributed by atoms with van der Waals surface area (Å²) >= 11 is 0. The summed E-state index contributed by atoms with van der Waals surface area (Å²) in [7, 11) is 0. The smallest absolute Gasteiger partial charge is 0.408 e. The molecule has 0 saturated heterocycles. The fourth-order valence-electron chi connectivity index (χ4n) is 3.51. The lowest BCUT2D eigenvalue weighted by Crippen LogP contribution is -2.47. The highest BCUT2D eigenvalue weighted by molar-refractivity contribution is 5.98. The first kappa shape index (κ1) is 22.4. The number of benzene rings is 2. The Morgan fingerprint density at radius 1 is 1.03 bits per heavy atom. The van der Waals surface area contributed by atoms with E-state index in [4.69, 9.17) is 4.74 Å². The Bertz CT molecular complexity index is 1060. The third-order valence-corrected chi connectivity index (χ3v) is 4.95. The summed E-state index contributed by atoms with van der Waals surface area (Å²) in [5.74, 6) is -0.0355. The lowest BCUT2D eigenvalue weighted by Gasteiger charge is -2.24. The largest absolute Gasteiger partial charge is 0.444 e. The zero-order valence-corrected chi connectivity index (χ0v) is 18.8. The van der Waals surface area contributed by atoms with Gasteiger partial charge in [0.1, 0.15) is 11.6 Å². The molecule has 2 aromatic carbocycles. The summed E-state index contributed by atoms with van der Waals surface area (Å²) in [5.41, 5.74) is 3.07. The molecule has 0 bridgehead atoms. The predicted octanol–water partition coefficient (Wildman–Crippen LogP) is 5.37. The average molecular weight is 422 g/mol. The molecule has 6 nitrogen and oxygen atoms in total. The highest BCUT2D eigenvalue weighted by Crippen LogP contribution is 2.25. The fourth-order valence-corrected chi connectivity index (χ4v) is 3.51. The van der Waals surface area contributed by atoms with Crippen LogP contribution in [0.4, 0.5) is 10.5 Å². The summed E-state index contributed by atoms with van der Waals surface area (Å²) in [4.78, 5) is 29.0. The molecule has 3 N–H and O–H groups in total. The lowest BCUT2D eigenvalue weighted by atomic mass is 10.0. The summed E-state index contributed by atoms with van der Waals surface area (Å²) in [6, 6.07) is 14.8. The van der Waals surface area contributed by atoms with Crippen LogP contribution in [0.25, 0.3) is 10.9 Å². The van der Waals surface area contributed by atoms with E-state index < -0.39 is 17.7 Å². The first-order valence-electron chi connectivity index (χ1n) is 10.6. The number of amides is 2. The number of aromatic amines is 1. The number of ether oxygens (including phenoxy) is 1. The van der Waals surface area contributed by atoms with Crippen LogP contribution in [0.5, 0.6) is 0 Å². The Labute approximate surface area is 183 Å². The van der Waals surface area contributed by atoms with E-state index in [-0.39, 0.29) is 11.8 Å². The van der Waals surface area contributed by atoms with E-state index in [1.54, 1.807) is 20.8 Å². The second-order valence-electron chi connectivity index (χ2n) is 8.99. The maximum Gasteiger partial charge on any atom is 0.408 e. The molecule has 0 fully saturated rings. The van der Waals surface area contributed by atoms with Gasteiger partial charge in [-0.3, -0.25) is 4.79 Å². The summed E-state index contributed by atoms with van der Waals surface area (Å²) in [5, 5.41) is 6.78. The highest BCUT2D eigenvalue weighted by Gasteiger charge is 2.26. The van der Waals surface area contributed by atoms with Crippen LogP contribution in [0.3, 0.4) is 0 Å². The van der Waals surface area contributed by atoms with E-state index in [1.165, 1.54) is 0 Å². The Hall–Kier alpha value is -3.28. The molecule has 0 radical (unpaired) electrons. The number of rotatable bonds is 6. The van der Waals surface area contributed by atoms with Crippen molar-refractivity contribution in [3.8, 4) is 0 Å². The van der Waals surface area contributed by atoms with Crippen LogP contribution in [0, 0.1) is 0 Å². The van der Waals surface area contributed by atoms with Gasteiger partial charge in [-0.05, 0) is 49.9 Å². The highest BCUT2D eigenvalue weighted by atomic mass is 16.6. The van der Waals surface area contributed by atoms with Crippen LogP contribution in [-0.4, -0.2) is 28.6 Å². The third kappa shape index (κ3) is 5.87. The number of fused-ring (bicyclic) bond motifs is 1. The molecule has 3 rings (SSSR count). The molecular formula is C25H31N3O3. The van der Waals surface area contributed by atoms with E-state index in [9.17, 15) is 9.59 Å². The van der Waals surface area contributed by atoms with Gasteiger partial charge in [0.05, 0.1) is 0 Å². The number of hydrogen-bond donors (Lipinski definition) is 3. The number of H-pyrrole nitrogens is 1. The lowest BCUT2D eigenvalue weighted by molar-refractivity contribution is -0.118. The minimum atomic E-state index is -0.797. The van der Waals surface area contributed by atoms with E-state index in [1.807, 2.05) is 54.7 Å². The predicted molar refractivity (Wildman–Crippen MR) is 124 cm³/mol. The van der Waals surface area contributed by atoms with Crippen molar-refractivity contribution in [1.29, 1.82) is 0 Å². The Balaban J connectivity index is 1.86. The molecule has 1 heterocycles. The van der Waals surface area contributed by atoms with Crippen molar-refractivity contribution < 1.29 is 14.3 Å². The van der Waals surface area contributed by atoms with E-state index in [2.05, 4.69) is 29.5 Å². The van der Waals surface area contributed by atoms with E-state index >= 15 is 0 Å². The molecule has 3 aromatic rings. The molecule has 0 saturated carbocycles. The van der Waals surface area contributed by atoms with Gasteiger partial charge in [-0.1, -0.05) is 50.2 Å². The van der Waals surface area contributed by atoms with Crippen LogP contribution in [0.15, 0.2) is 54.7 Å². The standard InChI is InChI=1S/C25H31N3O3/c1-16(2)18-10-6-9-13-21(18)27-23(29)22(28-24(30)31-25(3,4)5)14-17-15-26-20-12-8-7-11-19(17)20/h6-13,15-16,22,26H,14H2,1-5H3,(H,27,29)(H,28,30). The molecule has 0 spiro atoms. The topological polar surface area (TPSA) is 83.2 Å². The number of aromatic nitrogens is 1. The van der Waals surface area contributed by atoms with E-state index in [0.717, 1.165) is 27.7 Å². The fraction of sp³-hybridized carbons (Fsp3) is 0.360. The zero-order chi connectivity index (χ0) is 22.6. The molecule has 31 heavy (non-hydrogen) atoms. The normalized spacial score (nSPS) is 12.6. The van der Waals surface area contributed by atoms with Gasteiger partial charge in [-0.15, -0.1) is 0 Å². The van der Waals surface area contributed by atoms with Gasteiger partial charge in [0.15, 0.2) is 0 Å². The van der Waals surface area contributed by atoms with E-state index in [0.29, 0.717) is 6.42 Å². The second kappa shape index (κ2) is 9.25. The maximum absolute atomic E-state index is 13.3. The van der Waals surface area contributed by atoms with Gasteiger partial charge in [-0.2, -0.15) is 0 Å². The molecule has 0 aliphatic carbocycles. The quantitative estimate of drug-likeness (QED) is 0.501. The van der Waals surface area contributed by atoms with Gasteiger partial charge in [-0.25, -0.2) is 4.79 Å². The molecule has 1 aromatic heterocycles. The molecule has 164 valence electrons. The number of nitrogens with one attached hydrogen (secondary N) is 3. The zero-order valence-electron chi connectivity index (χ0n) is 18.8. The van der Waals surface area contributed by atoms with Gasteiger partial charge >= 0.3 is 6.09 Å². The minimum Gasteiger partial charge on any atom is -0.444 e. The summed E-state index contributed by atoms with van der Waals surface area (Å²) in [6.45, 7) is 9.53. The number of carbonyl (C=O) groups is 2. The van der Waals surface area contributed by atoms with Crippen molar-refractivity contribution in [2.45, 2.75) is 58.6 Å². The van der Waals surface area contributed by atoms with Crippen molar-refractivity contribution in [3.63, 3.8) is 0 Å². The number of alkyl carbamates (subject to hydrolysis) is 1. The number of anilines is 1. The molecule has 6 heteroatoms. The molecule has 0 aliphatic heterocycles. The first-order chi connectivity index (χ1) is 14.6. The van der Waals surface area contributed by atoms with Crippen molar-refractivity contribution in [2.24, 2.45) is 0 Å². The van der Waals surface area contributed by atoms with Crippen molar-refractivity contribution in [3.05, 3.63) is 65.9 Å². The van der Waals surface area contributed by atoms with Crippen molar-refractivity contribution in [2.75, 3.05) is 5.32 Å². The third-order valence-electron chi connectivity index (χ3n) is 4.95. The van der Waals surface area contributed by atoms with Crippen molar-refractivity contribution in [1.82, 2.24) is 10.3 Å². The molecule has 0 aliphatic rings. The number of para-hydroxylation sites is 2. The number of hydrogen-bond acceptors (Lipinski definition) is 3. The first-order valence-corrected chi connectivity index (χ1v) is 10.6. The van der Waals surface area contributed by atoms with Crippen LogP contribution >= 0.6 is 0 Å². The molecular weight excluding hydrogens is 390 g/mol. The Morgan fingerprint density at radius 2 is 1.71 bits per heavy atom. The average Bonchev–Trinajstić information content (AvgIpc) is 3.09. The maximum atomic E-state index is 13.3. The second-order valence-corrected chi connectivity index (χ2v) is 8.99. The number of carbonyl (C=O) groups excluding carboxylic acids is 2. The van der Waals surface area contributed by atoms with Crippen LogP contribution in [0.2, 0.25) is 0 Å². The van der Waals surface area contributed by atoms with Gasteiger partial charge in [0.2, 0.25) is 5.91 Å². The molecule has 2 amide bonds. The van der Waals surface area contributed by atoms with Crippen LogP contribution < -0.4 is 10.6 Å². The minimum absolute atomic E-state index is 0.252. The van der Waals surface area contributed by atoms with Crippen LogP contribution in [0.1, 0.15) is 51.7 Å². The van der Waals surface area contributed by atoms with Gasteiger partial charge in [0.25, 0.3) is 0 Å². The monoisotopic (exact) mass is 421 g/mol. The van der Waals surface area contributed by atoms with Crippen molar-refractivity contribution >= 4 is 28.6 Å². The molecule has 1 unspecified atom stereocenters. The van der Waals surface area contributed by atoms with Crippen LogP contribution in [-0.2, 0) is 16.0 Å². The SMILES string of the molecule is CC(C)c1ccccc1NC(=O)C(Cc1c[nH]c2ccccc12)NC(=O)OC(C)(C)C. The summed E-state index contributed by atoms with van der Waals surface area (Å²) in [6.07, 6.45) is 1.59. The Morgan fingerprint density at radius 3 is 2.42 bits per heavy atom. The Kier molecular flexibility index (Phi) is 6.68. The molecule has 1 atom stereocenters. The van der Waals surface area contributed by atoms with Gasteiger partial charge in [0, 0.05) is 29.2 Å². The van der Waals surface area contributed by atoms with Gasteiger partial charge < -0.3 is 20.4 Å².